The number of aromatic nitrogens is 3. The molecule has 0 aromatic carbocycles. The number of allylic oxidation sites excluding steroid dienone is 1. The number of hydrogen-bond donors (Lipinski definition) is 0. The maximum absolute atomic E-state index is 4.18. The van der Waals surface area contributed by atoms with Crippen LogP contribution in [-0.4, -0.2) is 15.0 Å². The molecule has 0 bridgehead atoms. The molecule has 0 radical (unpaired) electrons. The Balaban J connectivity index is 2.41. The van der Waals surface area contributed by atoms with Crippen LogP contribution in [-0.2, 0) is 0 Å². The van der Waals surface area contributed by atoms with E-state index in [4.69, 9.17) is 0 Å². The molecule has 2 heterocycles. The van der Waals surface area contributed by atoms with E-state index in [0.29, 0.717) is 5.82 Å². The van der Waals surface area contributed by atoms with E-state index >= 15 is 0 Å². The third-order valence-electron chi connectivity index (χ3n) is 1.94. The Morgan fingerprint density at radius 1 is 1.13 bits per heavy atom. The SMILES string of the molecule is CC=Cc1cncc(-c2ncccn2)c1. The molecule has 0 saturated heterocycles. The summed E-state index contributed by atoms with van der Waals surface area (Å²) in [5.41, 5.74) is 1.99. The van der Waals surface area contributed by atoms with Crippen LogP contribution in [0.4, 0.5) is 0 Å². The molecular weight excluding hydrogens is 186 g/mol. The Morgan fingerprint density at radius 3 is 2.67 bits per heavy atom. The van der Waals surface area contributed by atoms with E-state index in [1.807, 2.05) is 31.3 Å². The predicted molar refractivity (Wildman–Crippen MR) is 60.0 cm³/mol. The second-order valence-electron chi connectivity index (χ2n) is 3.08. The summed E-state index contributed by atoms with van der Waals surface area (Å²) in [5.74, 6) is 0.705. The molecule has 0 N–H and O–H groups in total. The Hall–Kier alpha value is -2.03. The zero-order valence-electron chi connectivity index (χ0n) is 8.46. The smallest absolute Gasteiger partial charge is 0.160 e. The maximum atomic E-state index is 4.18. The van der Waals surface area contributed by atoms with Crippen molar-refractivity contribution in [3.63, 3.8) is 0 Å². The van der Waals surface area contributed by atoms with Gasteiger partial charge in [-0.25, -0.2) is 9.97 Å². The van der Waals surface area contributed by atoms with Crippen LogP contribution < -0.4 is 0 Å². The summed E-state index contributed by atoms with van der Waals surface area (Å²) in [6, 6.07) is 3.81. The highest BCUT2D eigenvalue weighted by Crippen LogP contribution is 2.14. The molecule has 3 heteroatoms. The number of nitrogens with zero attached hydrogens (tertiary/aromatic N) is 3. The van der Waals surface area contributed by atoms with Gasteiger partial charge in [0, 0.05) is 30.4 Å². The first-order valence-electron chi connectivity index (χ1n) is 4.75. The molecule has 2 aromatic heterocycles. The van der Waals surface area contributed by atoms with E-state index in [0.717, 1.165) is 11.1 Å². The van der Waals surface area contributed by atoms with Gasteiger partial charge in [-0.15, -0.1) is 0 Å². The van der Waals surface area contributed by atoms with Crippen LogP contribution in [0.1, 0.15) is 12.5 Å². The second-order valence-corrected chi connectivity index (χ2v) is 3.08. The first kappa shape index (κ1) is 9.52. The van der Waals surface area contributed by atoms with E-state index in [2.05, 4.69) is 15.0 Å². The topological polar surface area (TPSA) is 38.7 Å². The minimum Gasteiger partial charge on any atom is -0.263 e. The number of rotatable bonds is 2. The molecule has 2 aromatic rings. The van der Waals surface area contributed by atoms with Gasteiger partial charge >= 0.3 is 0 Å². The molecule has 0 amide bonds. The fourth-order valence-corrected chi connectivity index (χ4v) is 1.31. The summed E-state index contributed by atoms with van der Waals surface area (Å²) in [4.78, 5) is 12.5. The van der Waals surface area contributed by atoms with Gasteiger partial charge in [-0.3, -0.25) is 4.98 Å². The molecule has 0 spiro atoms. The van der Waals surface area contributed by atoms with Crippen molar-refractivity contribution in [2.24, 2.45) is 0 Å². The Morgan fingerprint density at radius 2 is 1.93 bits per heavy atom. The zero-order valence-corrected chi connectivity index (χ0v) is 8.46. The Bertz CT molecular complexity index is 463. The van der Waals surface area contributed by atoms with Gasteiger partial charge in [0.15, 0.2) is 5.82 Å². The summed E-state index contributed by atoms with van der Waals surface area (Å²) < 4.78 is 0. The fourth-order valence-electron chi connectivity index (χ4n) is 1.31. The van der Waals surface area contributed by atoms with Gasteiger partial charge in [-0.2, -0.15) is 0 Å². The van der Waals surface area contributed by atoms with Gasteiger partial charge in [0.25, 0.3) is 0 Å². The standard InChI is InChI=1S/C12H11N3/c1-2-4-10-7-11(9-13-8-10)12-14-5-3-6-15-12/h2-9H,1H3. The second kappa shape index (κ2) is 4.46. The molecule has 0 fully saturated rings. The lowest BCUT2D eigenvalue weighted by Crippen LogP contribution is -1.88. The quantitative estimate of drug-likeness (QED) is 0.742. The van der Waals surface area contributed by atoms with E-state index < -0.39 is 0 Å². The van der Waals surface area contributed by atoms with Gasteiger partial charge in [0.05, 0.1) is 0 Å². The largest absolute Gasteiger partial charge is 0.263 e. The lowest BCUT2D eigenvalue weighted by Gasteiger charge is -1.99. The minimum atomic E-state index is 0.705. The Kier molecular flexibility index (Phi) is 2.83. The molecule has 15 heavy (non-hydrogen) atoms. The van der Waals surface area contributed by atoms with Crippen LogP contribution in [0.5, 0.6) is 0 Å². The predicted octanol–water partition coefficient (Wildman–Crippen LogP) is 2.57. The van der Waals surface area contributed by atoms with Crippen LogP contribution in [0.15, 0.2) is 43.0 Å². The van der Waals surface area contributed by atoms with Crippen molar-refractivity contribution in [1.82, 2.24) is 15.0 Å². The van der Waals surface area contributed by atoms with Crippen LogP contribution >= 0.6 is 0 Å². The van der Waals surface area contributed by atoms with Gasteiger partial charge in [-0.1, -0.05) is 12.2 Å². The molecule has 74 valence electrons. The first-order valence-corrected chi connectivity index (χ1v) is 4.75. The van der Waals surface area contributed by atoms with E-state index in [-0.39, 0.29) is 0 Å². The monoisotopic (exact) mass is 197 g/mol. The lowest BCUT2D eigenvalue weighted by molar-refractivity contribution is 1.16. The molecule has 3 nitrogen and oxygen atoms in total. The van der Waals surface area contributed by atoms with Crippen molar-refractivity contribution < 1.29 is 0 Å². The third-order valence-corrected chi connectivity index (χ3v) is 1.94. The highest BCUT2D eigenvalue weighted by atomic mass is 14.9. The van der Waals surface area contributed by atoms with Crippen LogP contribution in [0, 0.1) is 0 Å². The van der Waals surface area contributed by atoms with Crippen LogP contribution in [0.2, 0.25) is 0 Å². The summed E-state index contributed by atoms with van der Waals surface area (Å²) in [6.45, 7) is 1.98. The van der Waals surface area contributed by atoms with Gasteiger partial charge in [0.1, 0.15) is 0 Å². The summed E-state index contributed by atoms with van der Waals surface area (Å²) >= 11 is 0. The molecule has 0 atom stereocenters. The fraction of sp³-hybridized carbons (Fsp3) is 0.0833. The summed E-state index contributed by atoms with van der Waals surface area (Å²) in [7, 11) is 0. The maximum Gasteiger partial charge on any atom is 0.160 e. The third kappa shape index (κ3) is 2.26. The van der Waals surface area contributed by atoms with Crippen molar-refractivity contribution in [3.8, 4) is 11.4 Å². The molecule has 0 saturated carbocycles. The van der Waals surface area contributed by atoms with Gasteiger partial charge in [-0.05, 0) is 24.6 Å². The lowest BCUT2D eigenvalue weighted by atomic mass is 10.2. The summed E-state index contributed by atoms with van der Waals surface area (Å²) in [6.07, 6.45) is 11.0. The molecule has 0 aliphatic rings. The molecule has 0 unspecified atom stereocenters. The highest BCUT2D eigenvalue weighted by Gasteiger charge is 1.99. The zero-order chi connectivity index (χ0) is 10.5. The highest BCUT2D eigenvalue weighted by molar-refractivity contribution is 5.59. The molecule has 0 aliphatic heterocycles. The number of hydrogen-bond acceptors (Lipinski definition) is 3. The molecule has 0 aliphatic carbocycles. The average molecular weight is 197 g/mol. The first-order chi connectivity index (χ1) is 7.40. The average Bonchev–Trinajstić information content (AvgIpc) is 2.31. The van der Waals surface area contributed by atoms with E-state index in [9.17, 15) is 0 Å². The molecule has 2 rings (SSSR count). The molecular formula is C12H11N3. The minimum absolute atomic E-state index is 0.705. The van der Waals surface area contributed by atoms with E-state index in [1.54, 1.807) is 24.7 Å². The van der Waals surface area contributed by atoms with Crippen molar-refractivity contribution in [3.05, 3.63) is 48.6 Å². The van der Waals surface area contributed by atoms with Gasteiger partial charge < -0.3 is 0 Å². The number of pyridine rings is 1. The normalized spacial score (nSPS) is 10.7. The van der Waals surface area contributed by atoms with Crippen molar-refractivity contribution in [1.29, 1.82) is 0 Å². The van der Waals surface area contributed by atoms with Crippen LogP contribution in [0.3, 0.4) is 0 Å². The van der Waals surface area contributed by atoms with Crippen molar-refractivity contribution in [2.75, 3.05) is 0 Å². The van der Waals surface area contributed by atoms with Crippen molar-refractivity contribution in [2.45, 2.75) is 6.92 Å². The van der Waals surface area contributed by atoms with Crippen molar-refractivity contribution >= 4 is 6.08 Å². The Labute approximate surface area is 88.6 Å². The summed E-state index contributed by atoms with van der Waals surface area (Å²) in [5, 5.41) is 0. The van der Waals surface area contributed by atoms with Crippen LogP contribution in [0.25, 0.3) is 17.5 Å². The van der Waals surface area contributed by atoms with Gasteiger partial charge in [0.2, 0.25) is 0 Å². The van der Waals surface area contributed by atoms with E-state index in [1.165, 1.54) is 0 Å².